The zero-order valence-electron chi connectivity index (χ0n) is 11.9. The fraction of sp³-hybridized carbons (Fsp3) is 0.857. The van der Waals surface area contributed by atoms with Crippen molar-refractivity contribution < 1.29 is 4.42 Å². The van der Waals surface area contributed by atoms with Gasteiger partial charge in [-0.2, -0.15) is 0 Å². The van der Waals surface area contributed by atoms with Crippen molar-refractivity contribution in [2.24, 2.45) is 11.8 Å². The third-order valence-electron chi connectivity index (χ3n) is 3.74. The van der Waals surface area contributed by atoms with Crippen LogP contribution in [0.15, 0.2) is 4.42 Å². The highest BCUT2D eigenvalue weighted by Gasteiger charge is 2.31. The van der Waals surface area contributed by atoms with Crippen molar-refractivity contribution in [3.05, 3.63) is 5.89 Å². The van der Waals surface area contributed by atoms with Gasteiger partial charge in [-0.3, -0.25) is 0 Å². The van der Waals surface area contributed by atoms with E-state index in [1.807, 2.05) is 0 Å². The molecule has 0 radical (unpaired) electrons. The van der Waals surface area contributed by atoms with Gasteiger partial charge in [-0.15, -0.1) is 5.10 Å². The Bertz CT molecular complexity index is 395. The largest absolute Gasteiger partial charge is 0.407 e. The first-order valence-electron chi connectivity index (χ1n) is 7.51. The number of nitrogens with zero attached hydrogens (tertiary/aromatic N) is 3. The van der Waals surface area contributed by atoms with Crippen LogP contribution >= 0.6 is 0 Å². The lowest BCUT2D eigenvalue weighted by Crippen LogP contribution is -2.28. The third kappa shape index (κ3) is 3.93. The summed E-state index contributed by atoms with van der Waals surface area (Å²) in [5.41, 5.74) is 0. The Balaban J connectivity index is 1.59. The summed E-state index contributed by atoms with van der Waals surface area (Å²) in [4.78, 5) is 2.31. The Morgan fingerprint density at radius 3 is 2.32 bits per heavy atom. The van der Waals surface area contributed by atoms with E-state index >= 15 is 0 Å². The normalized spacial score (nSPS) is 19.1. The molecule has 3 rings (SSSR count). The molecule has 5 heteroatoms. The van der Waals surface area contributed by atoms with Gasteiger partial charge in [0.1, 0.15) is 0 Å². The van der Waals surface area contributed by atoms with Crippen LogP contribution in [0.5, 0.6) is 0 Å². The highest BCUT2D eigenvalue weighted by atomic mass is 16.4. The Morgan fingerprint density at radius 2 is 1.79 bits per heavy atom. The molecule has 0 bridgehead atoms. The molecule has 2 saturated carbocycles. The van der Waals surface area contributed by atoms with E-state index in [4.69, 9.17) is 4.42 Å². The topological polar surface area (TPSA) is 54.2 Å². The Hall–Kier alpha value is -1.10. The van der Waals surface area contributed by atoms with E-state index < -0.39 is 0 Å². The summed E-state index contributed by atoms with van der Waals surface area (Å²) in [5.74, 6) is 2.39. The summed E-state index contributed by atoms with van der Waals surface area (Å²) in [6.45, 7) is 7.07. The van der Waals surface area contributed by atoms with E-state index in [9.17, 15) is 0 Å². The summed E-state index contributed by atoms with van der Waals surface area (Å²) in [6.07, 6.45) is 5.43. The van der Waals surface area contributed by atoms with Crippen molar-refractivity contribution in [2.45, 2.75) is 52.1 Å². The standard InChI is InChI=1S/C14H24N4O/c1-10(2)15-7-13-16-17-14(19-13)18(8-11-3-4-11)9-12-5-6-12/h10-12,15H,3-9H2,1-2H3. The molecule has 0 saturated heterocycles. The molecule has 0 atom stereocenters. The highest BCUT2D eigenvalue weighted by molar-refractivity contribution is 5.25. The first kappa shape index (κ1) is 12.9. The van der Waals surface area contributed by atoms with E-state index in [2.05, 4.69) is 34.3 Å². The first-order chi connectivity index (χ1) is 9.20. The molecular formula is C14H24N4O. The fourth-order valence-electron chi connectivity index (χ4n) is 2.19. The molecule has 5 nitrogen and oxygen atoms in total. The quantitative estimate of drug-likeness (QED) is 0.780. The van der Waals surface area contributed by atoms with Crippen LogP contribution in [0.1, 0.15) is 45.4 Å². The second-order valence-corrected chi connectivity index (χ2v) is 6.31. The van der Waals surface area contributed by atoms with Crippen LogP contribution in [0.2, 0.25) is 0 Å². The van der Waals surface area contributed by atoms with E-state index in [0.29, 0.717) is 18.5 Å². The summed E-state index contributed by atoms with van der Waals surface area (Å²) in [7, 11) is 0. The molecule has 0 aromatic carbocycles. The molecule has 2 aliphatic rings. The van der Waals surface area contributed by atoms with Gasteiger partial charge in [0.05, 0.1) is 6.54 Å². The minimum absolute atomic E-state index is 0.435. The highest BCUT2D eigenvalue weighted by Crippen LogP contribution is 2.35. The van der Waals surface area contributed by atoms with Gasteiger partial charge in [-0.25, -0.2) is 0 Å². The molecule has 1 heterocycles. The van der Waals surface area contributed by atoms with Crippen LogP contribution in [-0.4, -0.2) is 29.3 Å². The molecular weight excluding hydrogens is 240 g/mol. The SMILES string of the molecule is CC(C)NCc1nnc(N(CC2CC2)CC2CC2)o1. The maximum atomic E-state index is 5.79. The van der Waals surface area contributed by atoms with Gasteiger partial charge in [0.2, 0.25) is 5.89 Å². The van der Waals surface area contributed by atoms with Gasteiger partial charge in [-0.05, 0) is 37.5 Å². The van der Waals surface area contributed by atoms with Crippen molar-refractivity contribution in [2.75, 3.05) is 18.0 Å². The molecule has 1 N–H and O–H groups in total. The van der Waals surface area contributed by atoms with E-state index in [0.717, 1.165) is 30.9 Å². The second-order valence-electron chi connectivity index (χ2n) is 6.31. The summed E-state index contributed by atoms with van der Waals surface area (Å²) < 4.78 is 5.79. The zero-order chi connectivity index (χ0) is 13.2. The van der Waals surface area contributed by atoms with E-state index in [1.54, 1.807) is 0 Å². The van der Waals surface area contributed by atoms with Gasteiger partial charge in [-0.1, -0.05) is 18.9 Å². The Labute approximate surface area is 114 Å². The number of anilines is 1. The smallest absolute Gasteiger partial charge is 0.318 e. The molecule has 1 aromatic rings. The van der Waals surface area contributed by atoms with Crippen LogP contribution < -0.4 is 10.2 Å². The van der Waals surface area contributed by atoms with Crippen LogP contribution in [0.3, 0.4) is 0 Å². The molecule has 0 aliphatic heterocycles. The molecule has 106 valence electrons. The Morgan fingerprint density at radius 1 is 1.16 bits per heavy atom. The fourth-order valence-corrected chi connectivity index (χ4v) is 2.19. The number of hydrogen-bond donors (Lipinski definition) is 1. The maximum Gasteiger partial charge on any atom is 0.318 e. The van der Waals surface area contributed by atoms with Crippen molar-refractivity contribution in [1.29, 1.82) is 0 Å². The molecule has 2 fully saturated rings. The van der Waals surface area contributed by atoms with Gasteiger partial charge >= 0.3 is 6.01 Å². The average molecular weight is 264 g/mol. The predicted molar refractivity (Wildman–Crippen MR) is 73.9 cm³/mol. The van der Waals surface area contributed by atoms with E-state index in [-0.39, 0.29) is 0 Å². The number of aromatic nitrogens is 2. The lowest BCUT2D eigenvalue weighted by atomic mass is 10.3. The van der Waals surface area contributed by atoms with Crippen LogP contribution in [0.4, 0.5) is 6.01 Å². The summed E-state index contributed by atoms with van der Waals surface area (Å²) >= 11 is 0. The second kappa shape index (κ2) is 5.49. The molecule has 2 aliphatic carbocycles. The van der Waals surface area contributed by atoms with E-state index in [1.165, 1.54) is 25.7 Å². The monoisotopic (exact) mass is 264 g/mol. The number of rotatable bonds is 8. The average Bonchev–Trinajstić information content (AvgIpc) is 3.29. The molecule has 0 unspecified atom stereocenters. The lowest BCUT2D eigenvalue weighted by molar-refractivity contribution is 0.442. The lowest BCUT2D eigenvalue weighted by Gasteiger charge is -2.19. The van der Waals surface area contributed by atoms with Crippen LogP contribution in [-0.2, 0) is 6.54 Å². The van der Waals surface area contributed by atoms with Crippen LogP contribution in [0.25, 0.3) is 0 Å². The van der Waals surface area contributed by atoms with Crippen LogP contribution in [0, 0.1) is 11.8 Å². The minimum atomic E-state index is 0.435. The van der Waals surface area contributed by atoms with Crippen molar-refractivity contribution in [3.8, 4) is 0 Å². The van der Waals surface area contributed by atoms with Gasteiger partial charge in [0.15, 0.2) is 0 Å². The summed E-state index contributed by atoms with van der Waals surface area (Å²) in [6, 6.07) is 1.16. The van der Waals surface area contributed by atoms with Gasteiger partial charge < -0.3 is 14.6 Å². The molecule has 0 spiro atoms. The van der Waals surface area contributed by atoms with Gasteiger partial charge in [0, 0.05) is 19.1 Å². The molecule has 1 aromatic heterocycles. The maximum absolute atomic E-state index is 5.79. The van der Waals surface area contributed by atoms with Crippen molar-refractivity contribution >= 4 is 6.01 Å². The van der Waals surface area contributed by atoms with Crippen molar-refractivity contribution in [1.82, 2.24) is 15.5 Å². The summed E-state index contributed by atoms with van der Waals surface area (Å²) in [5, 5.41) is 11.7. The number of nitrogens with one attached hydrogen (secondary N) is 1. The third-order valence-corrected chi connectivity index (χ3v) is 3.74. The molecule has 0 amide bonds. The minimum Gasteiger partial charge on any atom is -0.407 e. The zero-order valence-corrected chi connectivity index (χ0v) is 11.9. The molecule has 19 heavy (non-hydrogen) atoms. The Kier molecular flexibility index (Phi) is 3.73. The van der Waals surface area contributed by atoms with Gasteiger partial charge in [0.25, 0.3) is 0 Å². The van der Waals surface area contributed by atoms with Crippen molar-refractivity contribution in [3.63, 3.8) is 0 Å². The predicted octanol–water partition coefficient (Wildman–Crippen LogP) is 2.19. The first-order valence-corrected chi connectivity index (χ1v) is 7.51. The number of hydrogen-bond acceptors (Lipinski definition) is 5.